The van der Waals surface area contributed by atoms with E-state index in [2.05, 4.69) is 50.1 Å². The summed E-state index contributed by atoms with van der Waals surface area (Å²) in [5.41, 5.74) is 3.54. The first-order chi connectivity index (χ1) is 13.8. The van der Waals surface area contributed by atoms with Crippen LogP contribution in [0.4, 0.5) is 0 Å². The molecule has 0 bridgehead atoms. The number of likely N-dealkylation sites (tertiary alicyclic amines) is 1. The second-order valence-corrected chi connectivity index (χ2v) is 11.1. The monoisotopic (exact) mass is 411 g/mol. The number of fused-ring (bicyclic) bond motifs is 5. The Kier molecular flexibility index (Phi) is 4.66. The fraction of sp³-hybridized carbons (Fsp3) is 0.654. The Morgan fingerprint density at radius 3 is 2.69 bits per heavy atom. The minimum Gasteiger partial charge on any atom is -0.342 e. The fourth-order valence-electron chi connectivity index (χ4n) is 8.03. The molecular formula is C26H34ClNO. The van der Waals surface area contributed by atoms with Crippen LogP contribution in [-0.2, 0) is 4.79 Å². The van der Waals surface area contributed by atoms with Gasteiger partial charge in [-0.2, -0.15) is 0 Å². The predicted molar refractivity (Wildman–Crippen MR) is 120 cm³/mol. The number of hydrogen-bond acceptors (Lipinski definition) is 1. The highest BCUT2D eigenvalue weighted by atomic mass is 35.5. The van der Waals surface area contributed by atoms with Gasteiger partial charge in [0.25, 0.3) is 0 Å². The minimum absolute atomic E-state index is 0.312. The summed E-state index contributed by atoms with van der Waals surface area (Å²) in [6.07, 6.45) is 11.9. The van der Waals surface area contributed by atoms with Gasteiger partial charge in [-0.05, 0) is 91.2 Å². The molecule has 6 atom stereocenters. The van der Waals surface area contributed by atoms with E-state index in [1.807, 2.05) is 6.07 Å². The number of benzene rings is 1. The van der Waals surface area contributed by atoms with E-state index in [1.165, 1.54) is 44.1 Å². The van der Waals surface area contributed by atoms with Crippen LogP contribution in [0.15, 0.2) is 29.8 Å². The van der Waals surface area contributed by atoms with Crippen LogP contribution in [0.1, 0.15) is 70.8 Å². The van der Waals surface area contributed by atoms with Crippen LogP contribution in [0, 0.1) is 28.6 Å². The molecule has 1 saturated heterocycles. The number of hydrogen-bond donors (Lipinski definition) is 0. The SMILES string of the molecule is CN1C(=O)CC[C@]2(C)[C@H]3CC[C@]4(C)/C(=C\c5cccc(Cl)c5)CC[C@H]4[C@@H]3CC[C@@H]12. The average Bonchev–Trinajstić information content (AvgIpc) is 3.02. The molecule has 0 unspecified atom stereocenters. The molecule has 4 fully saturated rings. The van der Waals surface area contributed by atoms with Crippen molar-refractivity contribution >= 4 is 23.6 Å². The van der Waals surface area contributed by atoms with Crippen molar-refractivity contribution in [1.29, 1.82) is 0 Å². The maximum absolute atomic E-state index is 12.3. The first-order valence-corrected chi connectivity index (χ1v) is 11.9. The van der Waals surface area contributed by atoms with Crippen LogP contribution >= 0.6 is 11.6 Å². The summed E-state index contributed by atoms with van der Waals surface area (Å²) in [6.45, 7) is 5.06. The highest BCUT2D eigenvalue weighted by Gasteiger charge is 2.59. The van der Waals surface area contributed by atoms with Crippen LogP contribution in [0.2, 0.25) is 5.02 Å². The smallest absolute Gasteiger partial charge is 0.222 e. The molecule has 156 valence electrons. The average molecular weight is 412 g/mol. The van der Waals surface area contributed by atoms with Gasteiger partial charge in [-0.15, -0.1) is 0 Å². The van der Waals surface area contributed by atoms with Crippen LogP contribution in [-0.4, -0.2) is 23.9 Å². The molecule has 3 aliphatic carbocycles. The van der Waals surface area contributed by atoms with E-state index in [1.54, 1.807) is 5.57 Å². The molecule has 29 heavy (non-hydrogen) atoms. The second kappa shape index (κ2) is 6.87. The highest BCUT2D eigenvalue weighted by molar-refractivity contribution is 6.30. The lowest BCUT2D eigenvalue weighted by molar-refractivity contribution is -0.156. The second-order valence-electron chi connectivity index (χ2n) is 10.7. The van der Waals surface area contributed by atoms with Crippen molar-refractivity contribution in [2.24, 2.45) is 28.6 Å². The van der Waals surface area contributed by atoms with Crippen LogP contribution < -0.4 is 0 Å². The van der Waals surface area contributed by atoms with Gasteiger partial charge in [0, 0.05) is 24.5 Å². The molecule has 3 heteroatoms. The van der Waals surface area contributed by atoms with Gasteiger partial charge in [-0.25, -0.2) is 0 Å². The van der Waals surface area contributed by atoms with Crippen molar-refractivity contribution in [3.63, 3.8) is 0 Å². The van der Waals surface area contributed by atoms with Crippen molar-refractivity contribution in [3.05, 3.63) is 40.4 Å². The van der Waals surface area contributed by atoms with Gasteiger partial charge >= 0.3 is 0 Å². The van der Waals surface area contributed by atoms with E-state index in [4.69, 9.17) is 11.6 Å². The van der Waals surface area contributed by atoms with Gasteiger partial charge in [-0.1, -0.05) is 49.2 Å². The maximum Gasteiger partial charge on any atom is 0.222 e. The molecule has 1 aromatic carbocycles. The molecule has 3 saturated carbocycles. The lowest BCUT2D eigenvalue weighted by atomic mass is 9.47. The number of piperidine rings is 1. The fourth-order valence-corrected chi connectivity index (χ4v) is 8.23. The molecule has 0 aromatic heterocycles. The van der Waals surface area contributed by atoms with E-state index < -0.39 is 0 Å². The quantitative estimate of drug-likeness (QED) is 0.510. The van der Waals surface area contributed by atoms with Gasteiger partial charge in [0.15, 0.2) is 0 Å². The number of carbonyl (C=O) groups is 1. The molecule has 0 radical (unpaired) electrons. The summed E-state index contributed by atoms with van der Waals surface area (Å²) >= 11 is 6.24. The summed E-state index contributed by atoms with van der Waals surface area (Å²) in [5, 5.41) is 0.824. The van der Waals surface area contributed by atoms with Crippen molar-refractivity contribution < 1.29 is 4.79 Å². The standard InChI is InChI=1S/C26H34ClNO/c1-25-13-11-22-20(8-10-23-26(22,2)14-12-24(29)28(23)3)21(25)9-7-18(25)15-17-5-4-6-19(27)16-17/h4-6,15-16,20-23H,7-14H2,1-3H3/b18-15-/t20-,21-,22-,23+,25+,26+/m0/s1. The summed E-state index contributed by atoms with van der Waals surface area (Å²) in [7, 11) is 2.05. The molecule has 2 nitrogen and oxygen atoms in total. The van der Waals surface area contributed by atoms with Crippen molar-refractivity contribution in [2.75, 3.05) is 7.05 Å². The Labute approximate surface area is 180 Å². The molecule has 4 aliphatic rings. The summed E-state index contributed by atoms with van der Waals surface area (Å²) < 4.78 is 0. The summed E-state index contributed by atoms with van der Waals surface area (Å²) in [4.78, 5) is 14.4. The zero-order chi connectivity index (χ0) is 20.4. The lowest BCUT2D eigenvalue weighted by Gasteiger charge is -2.61. The first-order valence-electron chi connectivity index (χ1n) is 11.6. The first kappa shape index (κ1) is 19.7. The highest BCUT2D eigenvalue weighted by Crippen LogP contribution is 2.66. The topological polar surface area (TPSA) is 20.3 Å². The zero-order valence-electron chi connectivity index (χ0n) is 18.1. The molecular weight excluding hydrogens is 378 g/mol. The predicted octanol–water partition coefficient (Wildman–Crippen LogP) is 6.59. The normalized spacial score (nSPS) is 43.1. The molecule has 1 amide bonds. The van der Waals surface area contributed by atoms with E-state index >= 15 is 0 Å². The van der Waals surface area contributed by atoms with Gasteiger partial charge in [0.05, 0.1) is 0 Å². The largest absolute Gasteiger partial charge is 0.342 e. The van der Waals surface area contributed by atoms with Crippen LogP contribution in [0.25, 0.3) is 6.08 Å². The minimum atomic E-state index is 0.312. The van der Waals surface area contributed by atoms with E-state index in [-0.39, 0.29) is 0 Å². The van der Waals surface area contributed by atoms with Crippen LogP contribution in [0.3, 0.4) is 0 Å². The lowest BCUT2D eigenvalue weighted by Crippen LogP contribution is -2.61. The Morgan fingerprint density at radius 2 is 1.90 bits per heavy atom. The third-order valence-electron chi connectivity index (χ3n) is 9.59. The van der Waals surface area contributed by atoms with Crippen molar-refractivity contribution in [2.45, 2.75) is 71.3 Å². The molecule has 1 aliphatic heterocycles. The Hall–Kier alpha value is -1.28. The van der Waals surface area contributed by atoms with Gasteiger partial charge in [0.1, 0.15) is 0 Å². The summed E-state index contributed by atoms with van der Waals surface area (Å²) in [6, 6.07) is 8.75. The molecule has 1 aromatic rings. The maximum atomic E-state index is 12.3. The van der Waals surface area contributed by atoms with Crippen LogP contribution in [0.5, 0.6) is 0 Å². The molecule has 0 N–H and O–H groups in total. The Bertz CT molecular complexity index is 862. The third-order valence-corrected chi connectivity index (χ3v) is 9.83. The Morgan fingerprint density at radius 1 is 1.07 bits per heavy atom. The number of halogens is 1. The number of carbonyl (C=O) groups excluding carboxylic acids is 1. The number of allylic oxidation sites excluding steroid dienone is 1. The van der Waals surface area contributed by atoms with E-state index in [9.17, 15) is 4.79 Å². The van der Waals surface area contributed by atoms with Gasteiger partial charge in [0.2, 0.25) is 5.91 Å². The molecule has 0 spiro atoms. The number of rotatable bonds is 1. The van der Waals surface area contributed by atoms with Crippen molar-refractivity contribution in [1.82, 2.24) is 4.90 Å². The van der Waals surface area contributed by atoms with Crippen molar-refractivity contribution in [3.8, 4) is 0 Å². The number of amides is 1. The Balaban J connectivity index is 1.44. The molecule has 1 heterocycles. The van der Waals surface area contributed by atoms with E-state index in [0.29, 0.717) is 22.8 Å². The third kappa shape index (κ3) is 2.92. The number of nitrogens with zero attached hydrogens (tertiary/aromatic N) is 1. The molecule has 5 rings (SSSR count). The van der Waals surface area contributed by atoms with Gasteiger partial charge in [-0.3, -0.25) is 4.79 Å². The summed E-state index contributed by atoms with van der Waals surface area (Å²) in [5.74, 6) is 2.76. The zero-order valence-corrected chi connectivity index (χ0v) is 18.8. The van der Waals surface area contributed by atoms with E-state index in [0.717, 1.165) is 35.6 Å². The van der Waals surface area contributed by atoms with Gasteiger partial charge < -0.3 is 4.90 Å².